The van der Waals surface area contributed by atoms with Crippen LogP contribution in [0.5, 0.6) is 0 Å². The van der Waals surface area contributed by atoms with Crippen LogP contribution in [-0.2, 0) is 0 Å². The highest BCUT2D eigenvalue weighted by molar-refractivity contribution is 5.98. The lowest BCUT2D eigenvalue weighted by Crippen LogP contribution is -2.27. The van der Waals surface area contributed by atoms with Gasteiger partial charge in [0.25, 0.3) is 5.91 Å². The quantitative estimate of drug-likeness (QED) is 0.390. The van der Waals surface area contributed by atoms with E-state index in [9.17, 15) is 24.1 Å². The molecule has 3 heterocycles. The second kappa shape index (κ2) is 7.15. The summed E-state index contributed by atoms with van der Waals surface area (Å²) in [5.41, 5.74) is 3.07. The Morgan fingerprint density at radius 1 is 1.32 bits per heavy atom. The predicted molar refractivity (Wildman–Crippen MR) is 109 cm³/mol. The van der Waals surface area contributed by atoms with Crippen LogP contribution in [0.3, 0.4) is 0 Å². The zero-order chi connectivity index (χ0) is 21.7. The highest BCUT2D eigenvalue weighted by Gasteiger charge is 2.37. The van der Waals surface area contributed by atoms with Crippen molar-refractivity contribution >= 4 is 28.9 Å². The first-order chi connectivity index (χ1) is 14.9. The van der Waals surface area contributed by atoms with Crippen LogP contribution < -0.4 is 10.9 Å². The summed E-state index contributed by atoms with van der Waals surface area (Å²) in [5, 5.41) is 14.5. The van der Waals surface area contributed by atoms with Crippen LogP contribution in [0, 0.1) is 15.9 Å². The van der Waals surface area contributed by atoms with Crippen molar-refractivity contribution < 1.29 is 18.5 Å². The molecule has 10 heteroatoms. The average Bonchev–Trinajstić information content (AvgIpc) is 3.34. The van der Waals surface area contributed by atoms with Gasteiger partial charge in [0, 0.05) is 23.5 Å². The molecular formula is C21H17FN4O5. The first-order valence-electron chi connectivity index (χ1n) is 9.90. The molecule has 1 aliphatic heterocycles. The highest BCUT2D eigenvalue weighted by Crippen LogP contribution is 2.49. The molecule has 0 radical (unpaired) electrons. The lowest BCUT2D eigenvalue weighted by Gasteiger charge is -2.27. The van der Waals surface area contributed by atoms with E-state index in [2.05, 4.69) is 10.5 Å². The lowest BCUT2D eigenvalue weighted by molar-refractivity contribution is -0.402. The maximum absolute atomic E-state index is 14.3. The Labute approximate surface area is 174 Å². The van der Waals surface area contributed by atoms with Gasteiger partial charge in [-0.15, -0.1) is 0 Å². The summed E-state index contributed by atoms with van der Waals surface area (Å²) in [7, 11) is 0. The monoisotopic (exact) mass is 424 g/mol. The molecule has 158 valence electrons. The summed E-state index contributed by atoms with van der Waals surface area (Å²) in [6.45, 7) is 0. The number of hydrogen-bond donors (Lipinski definition) is 1. The lowest BCUT2D eigenvalue weighted by atomic mass is 9.82. The third kappa shape index (κ3) is 3.11. The van der Waals surface area contributed by atoms with Gasteiger partial charge in [-0.1, -0.05) is 12.8 Å². The van der Waals surface area contributed by atoms with E-state index in [0.29, 0.717) is 5.52 Å². The fraction of sp³-hybridized carbons (Fsp3) is 0.286. The first-order valence-corrected chi connectivity index (χ1v) is 9.90. The van der Waals surface area contributed by atoms with Crippen molar-refractivity contribution in [2.75, 3.05) is 0 Å². The summed E-state index contributed by atoms with van der Waals surface area (Å²) in [4.78, 5) is 35.6. The Morgan fingerprint density at radius 3 is 2.90 bits per heavy atom. The molecule has 0 spiro atoms. The molecule has 2 atom stereocenters. The van der Waals surface area contributed by atoms with Crippen molar-refractivity contribution in [3.63, 3.8) is 0 Å². The number of hydrazone groups is 1. The molecule has 5 rings (SSSR count). The highest BCUT2D eigenvalue weighted by atomic mass is 19.1. The van der Waals surface area contributed by atoms with Gasteiger partial charge in [0.15, 0.2) is 5.76 Å². The largest absolute Gasteiger partial charge is 0.433 e. The van der Waals surface area contributed by atoms with Crippen LogP contribution in [0.15, 0.2) is 44.8 Å². The van der Waals surface area contributed by atoms with Crippen molar-refractivity contribution in [1.29, 1.82) is 0 Å². The van der Waals surface area contributed by atoms with Gasteiger partial charge in [0.2, 0.25) is 5.43 Å². The van der Waals surface area contributed by atoms with Gasteiger partial charge in [-0.05, 0) is 36.6 Å². The zero-order valence-electron chi connectivity index (χ0n) is 16.2. The number of rotatable bonds is 4. The second-order valence-electron chi connectivity index (χ2n) is 7.76. The molecule has 1 saturated carbocycles. The summed E-state index contributed by atoms with van der Waals surface area (Å²) in [6.07, 6.45) is 6.52. The van der Waals surface area contributed by atoms with E-state index >= 15 is 0 Å². The second-order valence-corrected chi connectivity index (χ2v) is 7.76. The Morgan fingerprint density at radius 2 is 2.13 bits per heavy atom. The van der Waals surface area contributed by atoms with Crippen molar-refractivity contribution in [1.82, 2.24) is 9.99 Å². The van der Waals surface area contributed by atoms with Gasteiger partial charge < -0.3 is 8.98 Å². The number of nitrogens with zero attached hydrogens (tertiary/aromatic N) is 3. The molecule has 9 nitrogen and oxygen atoms in total. The van der Waals surface area contributed by atoms with Crippen molar-refractivity contribution in [2.45, 2.75) is 37.6 Å². The van der Waals surface area contributed by atoms with E-state index in [1.165, 1.54) is 24.4 Å². The SMILES string of the molecule is O=C(N/N=C/c1ccc([N+](=O)[O-])o1)c1cn2c3c(cc(F)cc3c1=O)C1CCCCC12. The molecular weight excluding hydrogens is 407 g/mol. The molecule has 2 unspecified atom stereocenters. The number of furan rings is 1. The van der Waals surface area contributed by atoms with Gasteiger partial charge in [0.1, 0.15) is 16.3 Å². The van der Waals surface area contributed by atoms with E-state index in [4.69, 9.17) is 4.42 Å². The number of carbonyl (C=O) groups excluding carboxylic acids is 1. The van der Waals surface area contributed by atoms with Crippen molar-refractivity contribution in [2.24, 2.45) is 5.10 Å². The fourth-order valence-corrected chi connectivity index (χ4v) is 4.73. The molecule has 31 heavy (non-hydrogen) atoms. The maximum atomic E-state index is 14.3. The number of aromatic nitrogens is 1. The van der Waals surface area contributed by atoms with Gasteiger partial charge in [-0.2, -0.15) is 5.10 Å². The molecule has 1 aliphatic carbocycles. The minimum absolute atomic E-state index is 0.0672. The molecule has 1 N–H and O–H groups in total. The van der Waals surface area contributed by atoms with Crippen molar-refractivity contribution in [3.05, 3.63) is 73.5 Å². The topological polar surface area (TPSA) is 120 Å². The van der Waals surface area contributed by atoms with E-state index < -0.39 is 28.0 Å². The van der Waals surface area contributed by atoms with Crippen LogP contribution in [0.2, 0.25) is 0 Å². The number of fused-ring (bicyclic) bond motifs is 3. The zero-order valence-corrected chi connectivity index (χ0v) is 16.2. The number of hydrogen-bond acceptors (Lipinski definition) is 6. The number of benzene rings is 1. The van der Waals surface area contributed by atoms with Gasteiger partial charge in [-0.25, -0.2) is 9.82 Å². The third-order valence-corrected chi connectivity index (χ3v) is 6.00. The smallest absolute Gasteiger partial charge is 0.400 e. The number of carbonyl (C=O) groups is 1. The molecule has 1 fully saturated rings. The van der Waals surface area contributed by atoms with Gasteiger partial charge >= 0.3 is 5.88 Å². The molecule has 0 bridgehead atoms. The fourth-order valence-electron chi connectivity index (χ4n) is 4.73. The Bertz CT molecular complexity index is 1330. The molecule has 1 aromatic carbocycles. The summed E-state index contributed by atoms with van der Waals surface area (Å²) >= 11 is 0. The average molecular weight is 424 g/mol. The van der Waals surface area contributed by atoms with Crippen LogP contribution >= 0.6 is 0 Å². The molecule has 3 aromatic rings. The first kappa shape index (κ1) is 19.2. The number of nitrogens with one attached hydrogen (secondary N) is 1. The Hall–Kier alpha value is -3.82. The summed E-state index contributed by atoms with van der Waals surface area (Å²) in [6, 6.07) is 5.25. The predicted octanol–water partition coefficient (Wildman–Crippen LogP) is 3.62. The Balaban J connectivity index is 1.49. The third-order valence-electron chi connectivity index (χ3n) is 6.00. The van der Waals surface area contributed by atoms with E-state index in [-0.39, 0.29) is 28.7 Å². The van der Waals surface area contributed by atoms with Crippen LogP contribution in [0.4, 0.5) is 10.3 Å². The van der Waals surface area contributed by atoms with Gasteiger partial charge in [0.05, 0.1) is 17.8 Å². The molecule has 0 saturated heterocycles. The van der Waals surface area contributed by atoms with E-state index in [1.807, 2.05) is 4.57 Å². The van der Waals surface area contributed by atoms with Crippen LogP contribution in [0.25, 0.3) is 10.9 Å². The number of amides is 1. The minimum atomic E-state index is -0.752. The molecule has 2 aromatic heterocycles. The molecule has 2 aliphatic rings. The Kier molecular flexibility index (Phi) is 4.42. The maximum Gasteiger partial charge on any atom is 0.433 e. The number of pyridine rings is 1. The van der Waals surface area contributed by atoms with Gasteiger partial charge in [-0.3, -0.25) is 19.7 Å². The van der Waals surface area contributed by atoms with Crippen LogP contribution in [-0.4, -0.2) is 21.6 Å². The summed E-state index contributed by atoms with van der Waals surface area (Å²) in [5.74, 6) is -1.50. The standard InChI is InChI=1S/C21H17FN4O5/c22-11-7-14-13-3-1-2-4-17(13)25-10-16(20(27)15(8-11)19(14)25)21(28)24-23-9-12-5-6-18(31-12)26(29)30/h5-10,13,17H,1-4H2,(H,24,28)/b23-9+. The normalized spacial score (nSPS) is 19.6. The molecule has 1 amide bonds. The summed E-state index contributed by atoms with van der Waals surface area (Å²) < 4.78 is 21.2. The van der Waals surface area contributed by atoms with E-state index in [1.54, 1.807) is 0 Å². The minimum Gasteiger partial charge on any atom is -0.400 e. The number of halogens is 1. The van der Waals surface area contributed by atoms with E-state index in [0.717, 1.165) is 43.5 Å². The van der Waals surface area contributed by atoms with Crippen LogP contribution in [0.1, 0.15) is 59.3 Å². The number of nitro groups is 1. The van der Waals surface area contributed by atoms with Crippen molar-refractivity contribution in [3.8, 4) is 0 Å².